The van der Waals surface area contributed by atoms with Crippen LogP contribution >= 0.6 is 0 Å². The van der Waals surface area contributed by atoms with Gasteiger partial charge in [-0.05, 0) is 49.7 Å². The predicted molar refractivity (Wildman–Crippen MR) is 85.4 cm³/mol. The highest BCUT2D eigenvalue weighted by Crippen LogP contribution is 2.26. The van der Waals surface area contributed by atoms with E-state index in [0.717, 1.165) is 5.56 Å². The van der Waals surface area contributed by atoms with Gasteiger partial charge in [-0.1, -0.05) is 36.4 Å². The molecule has 0 aliphatic carbocycles. The van der Waals surface area contributed by atoms with Crippen molar-refractivity contribution in [2.24, 2.45) is 5.73 Å². The molecule has 21 heavy (non-hydrogen) atoms. The summed E-state index contributed by atoms with van der Waals surface area (Å²) in [6.07, 6.45) is 0. The maximum atomic E-state index is 13.3. The number of halogens is 1. The summed E-state index contributed by atoms with van der Waals surface area (Å²) in [6.45, 7) is 4.78. The first-order chi connectivity index (χ1) is 9.99. The first kappa shape index (κ1) is 15.7. The summed E-state index contributed by atoms with van der Waals surface area (Å²) in [5, 5.41) is 0. The first-order valence-electron chi connectivity index (χ1n) is 7.25. The van der Waals surface area contributed by atoms with E-state index in [0.29, 0.717) is 6.54 Å². The fourth-order valence-electron chi connectivity index (χ4n) is 2.86. The zero-order valence-electron chi connectivity index (χ0n) is 12.9. The topological polar surface area (TPSA) is 29.3 Å². The smallest absolute Gasteiger partial charge is 0.123 e. The minimum Gasteiger partial charge on any atom is -0.326 e. The standard InChI is InChI=1S/C18H23FN2/c1-13-7-4-5-10-17(13)18(14(2)20)21(3)12-15-8-6-9-16(19)11-15/h4-11,14,18H,12,20H2,1-3H3. The molecular weight excluding hydrogens is 263 g/mol. The van der Waals surface area contributed by atoms with Crippen LogP contribution in [-0.2, 0) is 6.54 Å². The van der Waals surface area contributed by atoms with Gasteiger partial charge in [0, 0.05) is 18.6 Å². The van der Waals surface area contributed by atoms with Crippen LogP contribution in [0.25, 0.3) is 0 Å². The Kier molecular flexibility index (Phi) is 5.10. The largest absolute Gasteiger partial charge is 0.326 e. The third kappa shape index (κ3) is 3.90. The highest BCUT2D eigenvalue weighted by molar-refractivity contribution is 5.30. The molecule has 2 nitrogen and oxygen atoms in total. The third-order valence-electron chi connectivity index (χ3n) is 3.80. The Bertz CT molecular complexity index is 595. The monoisotopic (exact) mass is 286 g/mol. The Balaban J connectivity index is 2.24. The summed E-state index contributed by atoms with van der Waals surface area (Å²) in [5.41, 5.74) is 9.62. The summed E-state index contributed by atoms with van der Waals surface area (Å²) >= 11 is 0. The Morgan fingerprint density at radius 3 is 2.48 bits per heavy atom. The van der Waals surface area contributed by atoms with Gasteiger partial charge in [0.25, 0.3) is 0 Å². The predicted octanol–water partition coefficient (Wildman–Crippen LogP) is 3.65. The molecule has 112 valence electrons. The van der Waals surface area contributed by atoms with Gasteiger partial charge < -0.3 is 5.73 Å². The molecular formula is C18H23FN2. The minimum absolute atomic E-state index is 0.00957. The molecule has 0 aliphatic rings. The molecule has 2 aromatic rings. The molecule has 2 unspecified atom stereocenters. The van der Waals surface area contributed by atoms with Crippen LogP contribution in [0.2, 0.25) is 0 Å². The lowest BCUT2D eigenvalue weighted by molar-refractivity contribution is 0.210. The average molecular weight is 286 g/mol. The first-order valence-corrected chi connectivity index (χ1v) is 7.25. The quantitative estimate of drug-likeness (QED) is 0.909. The molecule has 0 fully saturated rings. The van der Waals surface area contributed by atoms with Crippen LogP contribution in [0.1, 0.15) is 29.7 Å². The van der Waals surface area contributed by atoms with Crippen LogP contribution in [0.4, 0.5) is 4.39 Å². The van der Waals surface area contributed by atoms with Crippen molar-refractivity contribution < 1.29 is 4.39 Å². The van der Waals surface area contributed by atoms with Crippen molar-refractivity contribution in [3.8, 4) is 0 Å². The highest BCUT2D eigenvalue weighted by Gasteiger charge is 2.22. The van der Waals surface area contributed by atoms with Gasteiger partial charge >= 0.3 is 0 Å². The summed E-state index contributed by atoms with van der Waals surface area (Å²) < 4.78 is 13.3. The molecule has 0 saturated heterocycles. The van der Waals surface area contributed by atoms with Crippen molar-refractivity contribution in [3.05, 3.63) is 71.0 Å². The summed E-state index contributed by atoms with van der Waals surface area (Å²) in [5.74, 6) is -0.200. The third-order valence-corrected chi connectivity index (χ3v) is 3.80. The fourth-order valence-corrected chi connectivity index (χ4v) is 2.86. The van der Waals surface area contributed by atoms with Crippen molar-refractivity contribution in [2.75, 3.05) is 7.05 Å². The van der Waals surface area contributed by atoms with E-state index in [9.17, 15) is 4.39 Å². The number of nitrogens with two attached hydrogens (primary N) is 1. The zero-order chi connectivity index (χ0) is 15.4. The average Bonchev–Trinajstić information content (AvgIpc) is 2.41. The molecule has 0 bridgehead atoms. The van der Waals surface area contributed by atoms with Crippen LogP contribution in [0.5, 0.6) is 0 Å². The SMILES string of the molecule is Cc1ccccc1C(C(C)N)N(C)Cc1cccc(F)c1. The number of aryl methyl sites for hydroxylation is 1. The molecule has 0 radical (unpaired) electrons. The van der Waals surface area contributed by atoms with Gasteiger partial charge in [0.05, 0.1) is 0 Å². The molecule has 3 heteroatoms. The molecule has 2 aromatic carbocycles. The Labute approximate surface area is 126 Å². The van der Waals surface area contributed by atoms with E-state index in [1.165, 1.54) is 17.2 Å². The summed E-state index contributed by atoms with van der Waals surface area (Å²) in [6, 6.07) is 15.1. The van der Waals surface area contributed by atoms with E-state index in [-0.39, 0.29) is 17.9 Å². The Morgan fingerprint density at radius 1 is 1.14 bits per heavy atom. The van der Waals surface area contributed by atoms with Crippen molar-refractivity contribution in [2.45, 2.75) is 32.5 Å². The number of nitrogens with zero attached hydrogens (tertiary/aromatic N) is 1. The van der Waals surface area contributed by atoms with Crippen molar-refractivity contribution >= 4 is 0 Å². The van der Waals surface area contributed by atoms with E-state index < -0.39 is 0 Å². The molecule has 0 aromatic heterocycles. The number of benzene rings is 2. The van der Waals surface area contributed by atoms with Gasteiger partial charge in [-0.3, -0.25) is 4.90 Å². The Hall–Kier alpha value is -1.71. The lowest BCUT2D eigenvalue weighted by atomic mass is 9.95. The van der Waals surface area contributed by atoms with Gasteiger partial charge in [-0.25, -0.2) is 4.39 Å². The Morgan fingerprint density at radius 2 is 1.86 bits per heavy atom. The number of likely N-dealkylation sites (N-methyl/N-ethyl adjacent to an activating group) is 1. The second-order valence-electron chi connectivity index (χ2n) is 5.71. The van der Waals surface area contributed by atoms with Crippen LogP contribution in [0.3, 0.4) is 0 Å². The van der Waals surface area contributed by atoms with E-state index in [1.807, 2.05) is 32.2 Å². The van der Waals surface area contributed by atoms with Crippen molar-refractivity contribution in [1.82, 2.24) is 4.90 Å². The number of hydrogen-bond acceptors (Lipinski definition) is 2. The van der Waals surface area contributed by atoms with Crippen LogP contribution in [-0.4, -0.2) is 18.0 Å². The molecule has 2 atom stereocenters. The molecule has 0 saturated carbocycles. The maximum Gasteiger partial charge on any atom is 0.123 e. The molecule has 0 spiro atoms. The number of hydrogen-bond donors (Lipinski definition) is 1. The molecule has 0 aliphatic heterocycles. The molecule has 0 heterocycles. The lowest BCUT2D eigenvalue weighted by Gasteiger charge is -2.32. The summed E-state index contributed by atoms with van der Waals surface area (Å²) in [7, 11) is 2.03. The second-order valence-corrected chi connectivity index (χ2v) is 5.71. The maximum absolute atomic E-state index is 13.3. The zero-order valence-corrected chi connectivity index (χ0v) is 12.9. The van der Waals surface area contributed by atoms with Crippen LogP contribution in [0, 0.1) is 12.7 Å². The van der Waals surface area contributed by atoms with Gasteiger partial charge in [0.15, 0.2) is 0 Å². The molecule has 2 rings (SSSR count). The molecule has 2 N–H and O–H groups in total. The minimum atomic E-state index is -0.200. The fraction of sp³-hybridized carbons (Fsp3) is 0.333. The van der Waals surface area contributed by atoms with Gasteiger partial charge in [0.2, 0.25) is 0 Å². The van der Waals surface area contributed by atoms with Crippen LogP contribution in [0.15, 0.2) is 48.5 Å². The second kappa shape index (κ2) is 6.83. The van der Waals surface area contributed by atoms with E-state index >= 15 is 0 Å². The van der Waals surface area contributed by atoms with Crippen molar-refractivity contribution in [1.29, 1.82) is 0 Å². The van der Waals surface area contributed by atoms with Gasteiger partial charge in [-0.2, -0.15) is 0 Å². The van der Waals surface area contributed by atoms with Crippen LogP contribution < -0.4 is 5.73 Å². The lowest BCUT2D eigenvalue weighted by Crippen LogP contribution is -2.37. The van der Waals surface area contributed by atoms with E-state index in [2.05, 4.69) is 24.0 Å². The molecule has 0 amide bonds. The highest BCUT2D eigenvalue weighted by atomic mass is 19.1. The summed E-state index contributed by atoms with van der Waals surface area (Å²) in [4.78, 5) is 2.18. The normalized spacial score (nSPS) is 14.2. The number of rotatable bonds is 5. The van der Waals surface area contributed by atoms with E-state index in [1.54, 1.807) is 12.1 Å². The van der Waals surface area contributed by atoms with Gasteiger partial charge in [0.1, 0.15) is 5.82 Å². The van der Waals surface area contributed by atoms with Crippen molar-refractivity contribution in [3.63, 3.8) is 0 Å². The van der Waals surface area contributed by atoms with Gasteiger partial charge in [-0.15, -0.1) is 0 Å². The van der Waals surface area contributed by atoms with E-state index in [4.69, 9.17) is 5.73 Å².